The molecule has 3 atom stereocenters. The second-order valence-corrected chi connectivity index (χ2v) is 21.0. The fourth-order valence-electron chi connectivity index (χ4n) is 7.69. The van der Waals surface area contributed by atoms with Crippen molar-refractivity contribution in [1.82, 2.24) is 5.32 Å². The summed E-state index contributed by atoms with van der Waals surface area (Å²) in [5.41, 5.74) is 0. The van der Waals surface area contributed by atoms with Gasteiger partial charge in [-0.15, -0.1) is 0 Å². The summed E-state index contributed by atoms with van der Waals surface area (Å²) < 4.78 is 23.3. The molecule has 0 rings (SSSR count). The molecule has 0 fully saturated rings. The number of amides is 1. The van der Waals surface area contributed by atoms with Gasteiger partial charge in [0.25, 0.3) is 7.82 Å². The molecular weight excluding hydrogens is 840 g/mol. The first-order chi connectivity index (χ1) is 32.0. The van der Waals surface area contributed by atoms with Crippen molar-refractivity contribution in [3.63, 3.8) is 0 Å². The monoisotopic (exact) mass is 945 g/mol. The van der Waals surface area contributed by atoms with E-state index in [1.807, 2.05) is 21.1 Å². The molecule has 384 valence electrons. The van der Waals surface area contributed by atoms with Gasteiger partial charge in [0, 0.05) is 6.42 Å². The predicted molar refractivity (Wildman–Crippen MR) is 284 cm³/mol. The number of unbranched alkanes of at least 4 members (excludes halogenated alkanes) is 24. The van der Waals surface area contributed by atoms with Crippen molar-refractivity contribution in [1.29, 1.82) is 0 Å². The first-order valence-corrected chi connectivity index (χ1v) is 28.7. The Kier molecular flexibility index (Phi) is 46.5. The maximum atomic E-state index is 12.9. The van der Waals surface area contributed by atoms with Crippen LogP contribution in [0.5, 0.6) is 0 Å². The van der Waals surface area contributed by atoms with E-state index in [4.69, 9.17) is 9.05 Å². The molecule has 9 heteroatoms. The zero-order valence-electron chi connectivity index (χ0n) is 43.6. The second-order valence-electron chi connectivity index (χ2n) is 19.6. The number of quaternary nitrogens is 1. The molecule has 0 saturated carbocycles. The number of allylic oxidation sites excluding steroid dienone is 12. The number of carbonyl (C=O) groups excluding carboxylic acids is 1. The highest BCUT2D eigenvalue weighted by Crippen LogP contribution is 2.38. The molecule has 0 spiro atoms. The number of hydrogen-bond acceptors (Lipinski definition) is 6. The summed E-state index contributed by atoms with van der Waals surface area (Å²) in [6.07, 6.45) is 64.9. The summed E-state index contributed by atoms with van der Waals surface area (Å²) in [5.74, 6) is -0.169. The predicted octanol–water partition coefficient (Wildman–Crippen LogP) is 15.7. The van der Waals surface area contributed by atoms with E-state index in [0.29, 0.717) is 23.9 Å². The smallest absolute Gasteiger partial charge is 0.268 e. The van der Waals surface area contributed by atoms with Gasteiger partial charge in [-0.25, -0.2) is 0 Å². The fourth-order valence-corrected chi connectivity index (χ4v) is 8.41. The minimum Gasteiger partial charge on any atom is -0.756 e. The number of nitrogens with zero attached hydrogens (tertiary/aromatic N) is 1. The zero-order chi connectivity index (χ0) is 48.5. The number of likely N-dealkylation sites (N-methyl/N-ethyl adjacent to an activating group) is 1. The fraction of sp³-hybridized carbons (Fsp3) is 0.772. The molecule has 0 heterocycles. The number of phosphoric ester groups is 1. The molecule has 1 amide bonds. The average molecular weight is 945 g/mol. The quantitative estimate of drug-likeness (QED) is 0.0272. The average Bonchev–Trinajstić information content (AvgIpc) is 3.28. The number of carbonyl (C=O) groups is 1. The minimum absolute atomic E-state index is 0.00958. The molecule has 0 saturated heterocycles. The van der Waals surface area contributed by atoms with E-state index in [9.17, 15) is 19.4 Å². The molecule has 0 aromatic heterocycles. The van der Waals surface area contributed by atoms with Gasteiger partial charge < -0.3 is 28.8 Å². The van der Waals surface area contributed by atoms with Crippen LogP contribution in [0.1, 0.15) is 232 Å². The van der Waals surface area contributed by atoms with Crippen LogP contribution in [0.3, 0.4) is 0 Å². The van der Waals surface area contributed by atoms with Crippen LogP contribution >= 0.6 is 7.82 Å². The van der Waals surface area contributed by atoms with Crippen LogP contribution < -0.4 is 10.2 Å². The lowest BCUT2D eigenvalue weighted by Crippen LogP contribution is -2.46. The third kappa shape index (κ3) is 49.8. The first-order valence-electron chi connectivity index (χ1n) is 27.3. The van der Waals surface area contributed by atoms with E-state index in [1.54, 1.807) is 0 Å². The molecule has 3 unspecified atom stereocenters. The van der Waals surface area contributed by atoms with Gasteiger partial charge in [-0.05, 0) is 64.2 Å². The van der Waals surface area contributed by atoms with Crippen LogP contribution in [-0.4, -0.2) is 68.5 Å². The maximum Gasteiger partial charge on any atom is 0.268 e. The topological polar surface area (TPSA) is 108 Å². The van der Waals surface area contributed by atoms with Gasteiger partial charge in [-0.1, -0.05) is 234 Å². The normalized spacial score (nSPS) is 14.6. The summed E-state index contributed by atoms with van der Waals surface area (Å²) in [6, 6.07) is -0.804. The first kappa shape index (κ1) is 63.9. The van der Waals surface area contributed by atoms with Crippen LogP contribution in [0.15, 0.2) is 72.9 Å². The number of aliphatic hydroxyl groups is 1. The Morgan fingerprint density at radius 1 is 0.545 bits per heavy atom. The molecule has 0 bridgehead atoms. The lowest BCUT2D eigenvalue weighted by Gasteiger charge is -2.30. The van der Waals surface area contributed by atoms with Gasteiger partial charge in [-0.2, -0.15) is 0 Å². The van der Waals surface area contributed by atoms with Crippen LogP contribution in [0.4, 0.5) is 0 Å². The van der Waals surface area contributed by atoms with Gasteiger partial charge in [0.05, 0.1) is 39.9 Å². The molecule has 66 heavy (non-hydrogen) atoms. The van der Waals surface area contributed by atoms with E-state index in [2.05, 4.69) is 92.1 Å². The van der Waals surface area contributed by atoms with Crippen molar-refractivity contribution in [2.24, 2.45) is 0 Å². The van der Waals surface area contributed by atoms with Crippen molar-refractivity contribution in [3.05, 3.63) is 72.9 Å². The third-order valence-electron chi connectivity index (χ3n) is 12.0. The molecular formula is C57H105N2O6P. The van der Waals surface area contributed by atoms with Crippen molar-refractivity contribution in [2.75, 3.05) is 40.9 Å². The third-order valence-corrected chi connectivity index (χ3v) is 12.9. The van der Waals surface area contributed by atoms with Gasteiger partial charge in [0.2, 0.25) is 5.91 Å². The Hall–Kier alpha value is -2.06. The van der Waals surface area contributed by atoms with Crippen molar-refractivity contribution in [3.8, 4) is 0 Å². The summed E-state index contributed by atoms with van der Waals surface area (Å²) >= 11 is 0. The summed E-state index contributed by atoms with van der Waals surface area (Å²) in [7, 11) is 1.30. The van der Waals surface area contributed by atoms with E-state index >= 15 is 0 Å². The minimum atomic E-state index is -4.57. The van der Waals surface area contributed by atoms with E-state index in [0.717, 1.165) is 77.0 Å². The molecule has 0 aliphatic heterocycles. The summed E-state index contributed by atoms with van der Waals surface area (Å²) in [5, 5.41) is 14.0. The van der Waals surface area contributed by atoms with Crippen molar-refractivity contribution >= 4 is 13.7 Å². The van der Waals surface area contributed by atoms with Crippen molar-refractivity contribution < 1.29 is 32.9 Å². The van der Waals surface area contributed by atoms with Crippen LogP contribution in [-0.2, 0) is 18.4 Å². The van der Waals surface area contributed by atoms with E-state index in [-0.39, 0.29) is 19.1 Å². The molecule has 0 aromatic rings. The molecule has 0 aromatic carbocycles. The Morgan fingerprint density at radius 2 is 0.924 bits per heavy atom. The van der Waals surface area contributed by atoms with Gasteiger partial charge >= 0.3 is 0 Å². The molecule has 8 nitrogen and oxygen atoms in total. The largest absolute Gasteiger partial charge is 0.756 e. The SMILES string of the molecule is CC/C=C\C/C=C\C/C=C\C/C=C\C/C=C\C/C=C\CCCCCCCCCCCCCCC(=O)NC(COP(=O)([O-])OCC[N+](C)(C)C)C(O)CCCCCCCCCCCCCCC. The highest BCUT2D eigenvalue weighted by atomic mass is 31.2. The number of hydrogen-bond donors (Lipinski definition) is 2. The molecule has 0 radical (unpaired) electrons. The summed E-state index contributed by atoms with van der Waals surface area (Å²) in [4.78, 5) is 25.5. The van der Waals surface area contributed by atoms with E-state index < -0.39 is 20.0 Å². The van der Waals surface area contributed by atoms with Crippen LogP contribution in [0.2, 0.25) is 0 Å². The van der Waals surface area contributed by atoms with E-state index in [1.165, 1.54) is 128 Å². The number of nitrogens with one attached hydrogen (secondary N) is 1. The van der Waals surface area contributed by atoms with Crippen LogP contribution in [0, 0.1) is 0 Å². The Balaban J connectivity index is 4.11. The number of aliphatic hydroxyl groups excluding tert-OH is 1. The highest BCUT2D eigenvalue weighted by molar-refractivity contribution is 7.45. The Bertz CT molecular complexity index is 1300. The maximum absolute atomic E-state index is 12.9. The Labute approximate surface area is 408 Å². The molecule has 2 N–H and O–H groups in total. The number of rotatable bonds is 49. The second kappa shape index (κ2) is 48.0. The summed E-state index contributed by atoms with van der Waals surface area (Å²) in [6.45, 7) is 4.60. The lowest BCUT2D eigenvalue weighted by molar-refractivity contribution is -0.870. The van der Waals surface area contributed by atoms with Gasteiger partial charge in [0.1, 0.15) is 13.2 Å². The number of phosphoric acid groups is 1. The highest BCUT2D eigenvalue weighted by Gasteiger charge is 2.24. The zero-order valence-corrected chi connectivity index (χ0v) is 44.5. The van der Waals surface area contributed by atoms with Crippen molar-refractivity contribution in [2.45, 2.75) is 244 Å². The molecule has 0 aliphatic carbocycles. The lowest BCUT2D eigenvalue weighted by atomic mass is 10.0. The van der Waals surface area contributed by atoms with Crippen LogP contribution in [0.25, 0.3) is 0 Å². The van der Waals surface area contributed by atoms with Gasteiger partial charge in [-0.3, -0.25) is 9.36 Å². The molecule has 0 aliphatic rings. The standard InChI is InChI=1S/C57H105N2O6P/c1-6-8-10-12-14-16-18-20-21-22-23-24-25-26-27-28-29-30-31-32-33-34-35-36-37-39-41-43-45-47-49-51-57(61)58-55(54-65-66(62,63)64-53-52-59(3,4)5)56(60)50-48-46-44-42-40-38-19-17-15-13-11-9-7-2/h8,10,14,16,20-21,23-24,26-27,29-30,55-56,60H,6-7,9,11-13,15,17-19,22,25,28,31-54H2,1-5H3,(H-,58,61,62,63)/b10-8-,16-14-,21-20-,24-23-,27-26-,30-29-. The Morgan fingerprint density at radius 3 is 1.35 bits per heavy atom. The van der Waals surface area contributed by atoms with Gasteiger partial charge in [0.15, 0.2) is 0 Å².